The van der Waals surface area contributed by atoms with Crippen LogP contribution >= 0.6 is 23.2 Å². The molecule has 5 nitrogen and oxygen atoms in total. The van der Waals surface area contributed by atoms with Crippen LogP contribution in [0.1, 0.15) is 19.4 Å². The Bertz CT molecular complexity index is 880. The third kappa shape index (κ3) is 6.01. The minimum absolute atomic E-state index is 0.118. The number of anilines is 2. The third-order valence-corrected chi connectivity index (χ3v) is 4.19. The van der Waals surface area contributed by atoms with Gasteiger partial charge in [-0.1, -0.05) is 43.1 Å². The summed E-state index contributed by atoms with van der Waals surface area (Å²) in [5, 5.41) is 6.50. The van der Waals surface area contributed by atoms with Gasteiger partial charge in [0.15, 0.2) is 0 Å². The van der Waals surface area contributed by atoms with E-state index < -0.39 is 0 Å². The monoisotopic (exact) mass is 406 g/mol. The van der Waals surface area contributed by atoms with Crippen molar-refractivity contribution in [3.05, 3.63) is 58.1 Å². The fraction of sp³-hybridized carbons (Fsp3) is 0.200. The van der Waals surface area contributed by atoms with E-state index in [0.29, 0.717) is 32.7 Å². The average Bonchev–Trinajstić information content (AvgIpc) is 2.62. The van der Waals surface area contributed by atoms with Crippen molar-refractivity contribution >= 4 is 52.5 Å². The molecule has 0 saturated heterocycles. The van der Waals surface area contributed by atoms with Crippen LogP contribution in [0.3, 0.4) is 0 Å². The number of amides is 2. The Balaban J connectivity index is 2.09. The molecular formula is C20H20Cl2N2O3. The molecule has 0 spiro atoms. The molecule has 2 amide bonds. The van der Waals surface area contributed by atoms with Gasteiger partial charge in [-0.2, -0.15) is 0 Å². The van der Waals surface area contributed by atoms with Gasteiger partial charge in [0.1, 0.15) is 5.75 Å². The average molecular weight is 407 g/mol. The summed E-state index contributed by atoms with van der Waals surface area (Å²) in [5.41, 5.74) is 1.75. The van der Waals surface area contributed by atoms with E-state index in [4.69, 9.17) is 27.9 Å². The second kappa shape index (κ2) is 9.44. The summed E-state index contributed by atoms with van der Waals surface area (Å²) < 4.78 is 5.29. The molecule has 2 N–H and O–H groups in total. The summed E-state index contributed by atoms with van der Waals surface area (Å²) in [5.74, 6) is -0.152. The number of methoxy groups -OCH3 is 1. The zero-order valence-electron chi connectivity index (χ0n) is 15.2. The SMILES string of the molecule is COc1cc(NC(=O)/C=C/c2ccc(Cl)cc2Cl)ccc1NC(=O)C(C)C. The van der Waals surface area contributed by atoms with Crippen molar-refractivity contribution in [1.82, 2.24) is 0 Å². The first-order valence-corrected chi connectivity index (χ1v) is 8.98. The summed E-state index contributed by atoms with van der Waals surface area (Å²) >= 11 is 11.9. The third-order valence-electron chi connectivity index (χ3n) is 3.63. The molecule has 0 fully saturated rings. The predicted octanol–water partition coefficient (Wildman–Crippen LogP) is 5.25. The second-order valence-corrected chi connectivity index (χ2v) is 6.89. The van der Waals surface area contributed by atoms with Gasteiger partial charge in [0.2, 0.25) is 11.8 Å². The van der Waals surface area contributed by atoms with Crippen LogP contribution in [-0.2, 0) is 9.59 Å². The normalized spacial score (nSPS) is 10.9. The highest BCUT2D eigenvalue weighted by Gasteiger charge is 2.12. The van der Waals surface area contributed by atoms with E-state index in [2.05, 4.69) is 10.6 Å². The molecule has 142 valence electrons. The number of carbonyl (C=O) groups is 2. The maximum atomic E-state index is 12.1. The molecule has 7 heteroatoms. The van der Waals surface area contributed by atoms with Crippen LogP contribution in [0.15, 0.2) is 42.5 Å². The highest BCUT2D eigenvalue weighted by atomic mass is 35.5. The van der Waals surface area contributed by atoms with Gasteiger partial charge >= 0.3 is 0 Å². The van der Waals surface area contributed by atoms with Gasteiger partial charge in [0, 0.05) is 33.8 Å². The minimum Gasteiger partial charge on any atom is -0.494 e. The van der Waals surface area contributed by atoms with E-state index in [9.17, 15) is 9.59 Å². The molecule has 0 aliphatic heterocycles. The summed E-state index contributed by atoms with van der Waals surface area (Å²) in [7, 11) is 1.49. The number of benzene rings is 2. The Hall–Kier alpha value is -2.50. The molecule has 0 heterocycles. The Kier molecular flexibility index (Phi) is 7.28. The number of nitrogens with one attached hydrogen (secondary N) is 2. The van der Waals surface area contributed by atoms with Crippen molar-refractivity contribution in [2.75, 3.05) is 17.7 Å². The zero-order chi connectivity index (χ0) is 20.0. The lowest BCUT2D eigenvalue weighted by atomic mass is 10.2. The van der Waals surface area contributed by atoms with E-state index in [1.807, 2.05) is 0 Å². The standard InChI is InChI=1S/C20H20Cl2N2O3/c1-12(2)20(26)24-17-8-7-15(11-18(17)27-3)23-19(25)9-5-13-4-6-14(21)10-16(13)22/h4-12H,1-3H3,(H,23,25)(H,24,26)/b9-5+. The summed E-state index contributed by atoms with van der Waals surface area (Å²) in [6, 6.07) is 10.0. The van der Waals surface area contributed by atoms with Crippen molar-refractivity contribution in [3.63, 3.8) is 0 Å². The zero-order valence-corrected chi connectivity index (χ0v) is 16.7. The van der Waals surface area contributed by atoms with E-state index in [0.717, 1.165) is 0 Å². The van der Waals surface area contributed by atoms with Crippen molar-refractivity contribution in [2.45, 2.75) is 13.8 Å². The molecular weight excluding hydrogens is 387 g/mol. The van der Waals surface area contributed by atoms with Gasteiger partial charge in [-0.25, -0.2) is 0 Å². The van der Waals surface area contributed by atoms with Gasteiger partial charge < -0.3 is 15.4 Å². The molecule has 0 aromatic heterocycles. The van der Waals surface area contributed by atoms with Crippen LogP contribution in [0, 0.1) is 5.92 Å². The quantitative estimate of drug-likeness (QED) is 0.643. The molecule has 2 aromatic rings. The van der Waals surface area contributed by atoms with Crippen LogP contribution in [0.4, 0.5) is 11.4 Å². The summed E-state index contributed by atoms with van der Waals surface area (Å²) in [6.45, 7) is 3.60. The molecule has 0 unspecified atom stereocenters. The first kappa shape index (κ1) is 20.8. The molecule has 2 aromatic carbocycles. The van der Waals surface area contributed by atoms with Crippen molar-refractivity contribution in [3.8, 4) is 5.75 Å². The van der Waals surface area contributed by atoms with Crippen molar-refractivity contribution < 1.29 is 14.3 Å². The highest BCUT2D eigenvalue weighted by molar-refractivity contribution is 6.35. The number of hydrogen-bond acceptors (Lipinski definition) is 3. The van der Waals surface area contributed by atoms with Crippen molar-refractivity contribution in [2.24, 2.45) is 5.92 Å². The molecule has 2 rings (SSSR count). The van der Waals surface area contributed by atoms with E-state index in [-0.39, 0.29) is 17.7 Å². The number of ether oxygens (including phenoxy) is 1. The molecule has 0 bridgehead atoms. The van der Waals surface area contributed by atoms with Crippen LogP contribution in [0.25, 0.3) is 6.08 Å². The lowest BCUT2D eigenvalue weighted by molar-refractivity contribution is -0.119. The fourth-order valence-corrected chi connectivity index (χ4v) is 2.61. The lowest BCUT2D eigenvalue weighted by Gasteiger charge is -2.13. The second-order valence-electron chi connectivity index (χ2n) is 6.05. The Morgan fingerprint density at radius 3 is 2.44 bits per heavy atom. The minimum atomic E-state index is -0.331. The smallest absolute Gasteiger partial charge is 0.248 e. The Labute approximate surface area is 168 Å². The number of halogens is 2. The van der Waals surface area contributed by atoms with Gasteiger partial charge in [-0.15, -0.1) is 0 Å². The van der Waals surface area contributed by atoms with Gasteiger partial charge in [0.25, 0.3) is 0 Å². The summed E-state index contributed by atoms with van der Waals surface area (Å²) in [4.78, 5) is 24.0. The fourth-order valence-electron chi connectivity index (χ4n) is 2.14. The molecule has 0 saturated carbocycles. The molecule has 0 radical (unpaired) electrons. The Morgan fingerprint density at radius 2 is 1.81 bits per heavy atom. The van der Waals surface area contributed by atoms with Gasteiger partial charge in [0.05, 0.1) is 12.8 Å². The van der Waals surface area contributed by atoms with E-state index in [1.54, 1.807) is 56.3 Å². The maximum Gasteiger partial charge on any atom is 0.248 e. The molecule has 0 aliphatic rings. The van der Waals surface area contributed by atoms with Crippen LogP contribution in [0.2, 0.25) is 10.0 Å². The first-order valence-electron chi connectivity index (χ1n) is 8.23. The molecule has 0 aliphatic carbocycles. The Morgan fingerprint density at radius 1 is 1.07 bits per heavy atom. The number of hydrogen-bond donors (Lipinski definition) is 2. The van der Waals surface area contributed by atoms with Crippen molar-refractivity contribution in [1.29, 1.82) is 0 Å². The lowest BCUT2D eigenvalue weighted by Crippen LogP contribution is -2.18. The van der Waals surface area contributed by atoms with Gasteiger partial charge in [-0.05, 0) is 35.9 Å². The first-order chi connectivity index (χ1) is 12.8. The van der Waals surface area contributed by atoms with Crippen LogP contribution < -0.4 is 15.4 Å². The maximum absolute atomic E-state index is 12.1. The van der Waals surface area contributed by atoms with E-state index in [1.165, 1.54) is 13.2 Å². The number of carbonyl (C=O) groups excluding carboxylic acids is 2. The largest absolute Gasteiger partial charge is 0.494 e. The highest BCUT2D eigenvalue weighted by Crippen LogP contribution is 2.28. The van der Waals surface area contributed by atoms with Crippen LogP contribution in [0.5, 0.6) is 5.75 Å². The van der Waals surface area contributed by atoms with Crippen LogP contribution in [-0.4, -0.2) is 18.9 Å². The van der Waals surface area contributed by atoms with Gasteiger partial charge in [-0.3, -0.25) is 9.59 Å². The topological polar surface area (TPSA) is 67.4 Å². The summed E-state index contributed by atoms with van der Waals surface area (Å²) in [6.07, 6.45) is 2.97. The molecule has 27 heavy (non-hydrogen) atoms. The predicted molar refractivity (Wildman–Crippen MR) is 111 cm³/mol. The van der Waals surface area contributed by atoms with E-state index >= 15 is 0 Å². The number of rotatable bonds is 6. The molecule has 0 atom stereocenters.